The summed E-state index contributed by atoms with van der Waals surface area (Å²) in [6.07, 6.45) is 4.65. The van der Waals surface area contributed by atoms with E-state index in [-0.39, 0.29) is 5.91 Å². The number of rotatable bonds is 6. The summed E-state index contributed by atoms with van der Waals surface area (Å²) < 4.78 is 5.06. The SMILES string of the molecule is CCOC(=O)c1ccccc1Nc1ccc(NC(=O)c2cccnc2)nc1. The van der Waals surface area contributed by atoms with E-state index in [0.29, 0.717) is 34.9 Å². The normalized spacial score (nSPS) is 10.1. The molecule has 0 aliphatic carbocycles. The minimum absolute atomic E-state index is 0.288. The number of pyridine rings is 2. The second kappa shape index (κ2) is 8.57. The van der Waals surface area contributed by atoms with Gasteiger partial charge in [-0.2, -0.15) is 0 Å². The highest BCUT2D eigenvalue weighted by Gasteiger charge is 2.12. The topological polar surface area (TPSA) is 93.2 Å². The lowest BCUT2D eigenvalue weighted by Gasteiger charge is -2.11. The van der Waals surface area contributed by atoms with Gasteiger partial charge in [0.05, 0.1) is 35.3 Å². The molecule has 3 aromatic rings. The molecule has 2 N–H and O–H groups in total. The van der Waals surface area contributed by atoms with Crippen molar-refractivity contribution in [3.05, 3.63) is 78.2 Å². The number of nitrogens with zero attached hydrogens (tertiary/aromatic N) is 2. The van der Waals surface area contributed by atoms with Gasteiger partial charge < -0.3 is 15.4 Å². The van der Waals surface area contributed by atoms with E-state index in [1.54, 1.807) is 61.8 Å². The van der Waals surface area contributed by atoms with Gasteiger partial charge in [-0.25, -0.2) is 9.78 Å². The Morgan fingerprint density at radius 2 is 1.89 bits per heavy atom. The number of esters is 1. The van der Waals surface area contributed by atoms with Crippen LogP contribution in [0.25, 0.3) is 0 Å². The second-order valence-electron chi connectivity index (χ2n) is 5.52. The predicted molar refractivity (Wildman–Crippen MR) is 102 cm³/mol. The van der Waals surface area contributed by atoms with E-state index >= 15 is 0 Å². The van der Waals surface area contributed by atoms with Crippen LogP contribution in [0.3, 0.4) is 0 Å². The lowest BCUT2D eigenvalue weighted by Crippen LogP contribution is -2.13. The average Bonchev–Trinajstić information content (AvgIpc) is 2.70. The number of anilines is 3. The van der Waals surface area contributed by atoms with Crippen molar-refractivity contribution in [2.45, 2.75) is 6.92 Å². The van der Waals surface area contributed by atoms with Crippen molar-refractivity contribution >= 4 is 29.1 Å². The number of benzene rings is 1. The number of ether oxygens (including phenoxy) is 1. The van der Waals surface area contributed by atoms with Crippen LogP contribution in [0.1, 0.15) is 27.6 Å². The predicted octanol–water partition coefficient (Wildman–Crippen LogP) is 3.65. The maximum atomic E-state index is 12.1. The first-order valence-corrected chi connectivity index (χ1v) is 8.38. The molecule has 0 spiro atoms. The van der Waals surface area contributed by atoms with Gasteiger partial charge >= 0.3 is 5.97 Å². The Kier molecular flexibility index (Phi) is 5.73. The van der Waals surface area contributed by atoms with Gasteiger partial charge in [0, 0.05) is 12.4 Å². The number of nitrogens with one attached hydrogen (secondary N) is 2. The quantitative estimate of drug-likeness (QED) is 0.650. The molecule has 1 amide bonds. The Bertz CT molecular complexity index is 927. The molecular formula is C20H18N4O3. The fourth-order valence-electron chi connectivity index (χ4n) is 2.36. The van der Waals surface area contributed by atoms with Crippen molar-refractivity contribution < 1.29 is 14.3 Å². The molecule has 3 rings (SSSR count). The molecule has 0 saturated carbocycles. The molecule has 1 aromatic carbocycles. The van der Waals surface area contributed by atoms with Crippen molar-refractivity contribution in [1.29, 1.82) is 0 Å². The number of carbonyl (C=O) groups excluding carboxylic acids is 2. The van der Waals surface area contributed by atoms with Crippen molar-refractivity contribution in [2.24, 2.45) is 0 Å². The van der Waals surface area contributed by atoms with E-state index in [9.17, 15) is 9.59 Å². The Morgan fingerprint density at radius 1 is 1.04 bits per heavy atom. The van der Waals surface area contributed by atoms with Crippen LogP contribution in [-0.4, -0.2) is 28.5 Å². The van der Waals surface area contributed by atoms with Gasteiger partial charge in [-0.1, -0.05) is 12.1 Å². The summed E-state index contributed by atoms with van der Waals surface area (Å²) in [5, 5.41) is 5.84. The van der Waals surface area contributed by atoms with E-state index in [4.69, 9.17) is 4.74 Å². The van der Waals surface area contributed by atoms with E-state index in [0.717, 1.165) is 0 Å². The van der Waals surface area contributed by atoms with Gasteiger partial charge in [0.2, 0.25) is 0 Å². The Labute approximate surface area is 156 Å². The summed E-state index contributed by atoms with van der Waals surface area (Å²) in [4.78, 5) is 32.3. The summed E-state index contributed by atoms with van der Waals surface area (Å²) in [7, 11) is 0. The number of para-hydroxylation sites is 1. The molecule has 0 fully saturated rings. The van der Waals surface area contributed by atoms with Crippen LogP contribution < -0.4 is 10.6 Å². The molecule has 27 heavy (non-hydrogen) atoms. The minimum atomic E-state index is -0.395. The number of hydrogen-bond acceptors (Lipinski definition) is 6. The first-order chi connectivity index (χ1) is 13.2. The molecular weight excluding hydrogens is 344 g/mol. The van der Waals surface area contributed by atoms with Crippen molar-refractivity contribution in [1.82, 2.24) is 9.97 Å². The molecule has 0 radical (unpaired) electrons. The third kappa shape index (κ3) is 4.66. The summed E-state index contributed by atoms with van der Waals surface area (Å²) in [5.74, 6) is -0.272. The number of hydrogen-bond donors (Lipinski definition) is 2. The molecule has 0 aliphatic heterocycles. The highest BCUT2D eigenvalue weighted by Crippen LogP contribution is 2.22. The molecule has 0 bridgehead atoms. The molecule has 2 aromatic heterocycles. The van der Waals surface area contributed by atoms with E-state index in [2.05, 4.69) is 20.6 Å². The molecule has 136 valence electrons. The average molecular weight is 362 g/mol. The third-order valence-electron chi connectivity index (χ3n) is 3.63. The van der Waals surface area contributed by atoms with Crippen LogP contribution >= 0.6 is 0 Å². The van der Waals surface area contributed by atoms with Gasteiger partial charge in [-0.3, -0.25) is 9.78 Å². The zero-order chi connectivity index (χ0) is 19.1. The molecule has 7 nitrogen and oxygen atoms in total. The fraction of sp³-hybridized carbons (Fsp3) is 0.100. The second-order valence-corrected chi connectivity index (χ2v) is 5.52. The summed E-state index contributed by atoms with van der Waals surface area (Å²) >= 11 is 0. The first kappa shape index (κ1) is 18.1. The monoisotopic (exact) mass is 362 g/mol. The molecule has 2 heterocycles. The summed E-state index contributed by atoms with van der Waals surface area (Å²) in [5.41, 5.74) is 2.18. The summed E-state index contributed by atoms with van der Waals surface area (Å²) in [6.45, 7) is 2.07. The molecule has 0 atom stereocenters. The van der Waals surface area contributed by atoms with Gasteiger partial charge in [0.1, 0.15) is 5.82 Å². The highest BCUT2D eigenvalue weighted by atomic mass is 16.5. The van der Waals surface area contributed by atoms with Crippen LogP contribution in [0.4, 0.5) is 17.2 Å². The van der Waals surface area contributed by atoms with E-state index in [1.807, 2.05) is 6.07 Å². The van der Waals surface area contributed by atoms with Crippen LogP contribution in [0.5, 0.6) is 0 Å². The Hall–Kier alpha value is -3.74. The van der Waals surface area contributed by atoms with Gasteiger partial charge in [-0.15, -0.1) is 0 Å². The van der Waals surface area contributed by atoms with Crippen LogP contribution in [0.15, 0.2) is 67.1 Å². The van der Waals surface area contributed by atoms with Crippen molar-refractivity contribution in [3.8, 4) is 0 Å². The van der Waals surface area contributed by atoms with Crippen LogP contribution in [0.2, 0.25) is 0 Å². The van der Waals surface area contributed by atoms with Crippen LogP contribution in [0, 0.1) is 0 Å². The number of amides is 1. The number of carbonyl (C=O) groups is 2. The molecule has 0 saturated heterocycles. The maximum absolute atomic E-state index is 12.1. The smallest absolute Gasteiger partial charge is 0.340 e. The fourth-order valence-corrected chi connectivity index (χ4v) is 2.36. The van der Waals surface area contributed by atoms with E-state index < -0.39 is 5.97 Å². The maximum Gasteiger partial charge on any atom is 0.340 e. The Morgan fingerprint density at radius 3 is 2.59 bits per heavy atom. The molecule has 7 heteroatoms. The molecule has 0 unspecified atom stereocenters. The van der Waals surface area contributed by atoms with Crippen molar-refractivity contribution in [2.75, 3.05) is 17.2 Å². The zero-order valence-corrected chi connectivity index (χ0v) is 14.7. The minimum Gasteiger partial charge on any atom is -0.462 e. The number of aromatic nitrogens is 2. The van der Waals surface area contributed by atoms with Gasteiger partial charge in [0.15, 0.2) is 0 Å². The summed E-state index contributed by atoms with van der Waals surface area (Å²) in [6, 6.07) is 13.9. The van der Waals surface area contributed by atoms with Crippen LogP contribution in [-0.2, 0) is 4.74 Å². The highest BCUT2D eigenvalue weighted by molar-refractivity contribution is 6.03. The lowest BCUT2D eigenvalue weighted by molar-refractivity contribution is 0.0527. The lowest BCUT2D eigenvalue weighted by atomic mass is 10.1. The largest absolute Gasteiger partial charge is 0.462 e. The first-order valence-electron chi connectivity index (χ1n) is 8.38. The van der Waals surface area contributed by atoms with E-state index in [1.165, 1.54) is 6.20 Å². The van der Waals surface area contributed by atoms with Gasteiger partial charge in [0.25, 0.3) is 5.91 Å². The Balaban J connectivity index is 1.70. The molecule has 0 aliphatic rings. The van der Waals surface area contributed by atoms with Crippen molar-refractivity contribution in [3.63, 3.8) is 0 Å². The third-order valence-corrected chi connectivity index (χ3v) is 3.63. The van der Waals surface area contributed by atoms with Gasteiger partial charge in [-0.05, 0) is 43.3 Å². The zero-order valence-electron chi connectivity index (χ0n) is 14.7. The standard InChI is InChI=1S/C20H18N4O3/c1-2-27-20(26)16-7-3-4-8-17(16)23-15-9-10-18(22-13-15)24-19(25)14-6-5-11-21-12-14/h3-13,23H,2H2,1H3,(H,22,24,25).